The Hall–Kier alpha value is -1.58. The second-order valence-corrected chi connectivity index (χ2v) is 3.07. The Morgan fingerprint density at radius 1 is 1.57 bits per heavy atom. The second-order valence-electron chi connectivity index (χ2n) is 3.07. The Morgan fingerprint density at radius 2 is 2.21 bits per heavy atom. The number of carboxylic acid groups (broad SMARTS) is 1. The number of carbonyl (C=O) groups is 1. The van der Waals surface area contributed by atoms with E-state index in [0.29, 0.717) is 5.56 Å². The highest BCUT2D eigenvalue weighted by molar-refractivity contribution is 5.71. The van der Waals surface area contributed by atoms with E-state index in [0.717, 1.165) is 0 Å². The summed E-state index contributed by atoms with van der Waals surface area (Å²) in [7, 11) is 0. The summed E-state index contributed by atoms with van der Waals surface area (Å²) in [5.41, 5.74) is 0.610. The highest BCUT2D eigenvalue weighted by Crippen LogP contribution is 2.24. The molecule has 1 atom stereocenters. The number of alkyl halides is 1. The summed E-state index contributed by atoms with van der Waals surface area (Å²) in [6.07, 6.45) is -1.46. The van der Waals surface area contributed by atoms with E-state index in [-0.39, 0.29) is 17.7 Å². The maximum atomic E-state index is 12.9. The first-order valence-corrected chi connectivity index (χ1v) is 4.18. The van der Waals surface area contributed by atoms with Crippen LogP contribution >= 0.6 is 0 Å². The molecule has 1 aromatic carbocycles. The quantitative estimate of drug-likeness (QED) is 0.781. The van der Waals surface area contributed by atoms with Gasteiger partial charge in [-0.15, -0.1) is 0 Å². The van der Waals surface area contributed by atoms with Crippen LogP contribution in [-0.2, 0) is 11.2 Å². The van der Waals surface area contributed by atoms with Gasteiger partial charge in [0.25, 0.3) is 0 Å². The van der Waals surface area contributed by atoms with E-state index in [1.54, 1.807) is 0 Å². The lowest BCUT2D eigenvalue weighted by atomic mass is 10.0. The molecule has 0 aliphatic heterocycles. The second kappa shape index (κ2) is 4.09. The molecule has 0 amide bonds. The fourth-order valence-corrected chi connectivity index (χ4v) is 1.16. The number of benzene rings is 1. The van der Waals surface area contributed by atoms with Gasteiger partial charge < -0.3 is 10.2 Å². The van der Waals surface area contributed by atoms with Crippen LogP contribution < -0.4 is 0 Å². The Labute approximate surface area is 80.8 Å². The number of hydrogen-bond donors (Lipinski definition) is 2. The van der Waals surface area contributed by atoms with E-state index < -0.39 is 12.1 Å². The molecule has 0 heterocycles. The molecule has 0 spiro atoms. The summed E-state index contributed by atoms with van der Waals surface area (Å²) >= 11 is 0. The minimum atomic E-state index is -1.16. The summed E-state index contributed by atoms with van der Waals surface area (Å²) < 4.78 is 12.9. The summed E-state index contributed by atoms with van der Waals surface area (Å²) in [6.45, 7) is 1.36. The van der Waals surface area contributed by atoms with Gasteiger partial charge in [0.2, 0.25) is 0 Å². The third-order valence-electron chi connectivity index (χ3n) is 1.90. The third kappa shape index (κ3) is 2.45. The van der Waals surface area contributed by atoms with Crippen LogP contribution in [0.5, 0.6) is 5.75 Å². The summed E-state index contributed by atoms with van der Waals surface area (Å²) in [5, 5.41) is 17.8. The molecule has 0 aliphatic carbocycles. The molecular formula is C10H11FO3. The highest BCUT2D eigenvalue weighted by atomic mass is 19.1. The number of phenols is 1. The molecule has 0 fully saturated rings. The minimum absolute atomic E-state index is 0.114. The highest BCUT2D eigenvalue weighted by Gasteiger charge is 2.10. The first kappa shape index (κ1) is 10.5. The van der Waals surface area contributed by atoms with Crippen LogP contribution in [-0.4, -0.2) is 16.2 Å². The largest absolute Gasteiger partial charge is 0.508 e. The van der Waals surface area contributed by atoms with Crippen molar-refractivity contribution in [2.24, 2.45) is 0 Å². The van der Waals surface area contributed by atoms with Gasteiger partial charge in [-0.3, -0.25) is 4.79 Å². The number of carboxylic acids is 1. The van der Waals surface area contributed by atoms with Crippen LogP contribution in [0.1, 0.15) is 24.2 Å². The van der Waals surface area contributed by atoms with Gasteiger partial charge >= 0.3 is 5.97 Å². The van der Waals surface area contributed by atoms with Crippen molar-refractivity contribution in [1.82, 2.24) is 0 Å². The number of halogens is 1. The maximum absolute atomic E-state index is 12.9. The number of phenolic OH excluding ortho intramolecular Hbond substituents is 1. The smallest absolute Gasteiger partial charge is 0.307 e. The number of aromatic hydroxyl groups is 1. The average molecular weight is 198 g/mol. The molecule has 1 unspecified atom stereocenters. The molecule has 0 saturated carbocycles. The molecule has 76 valence electrons. The van der Waals surface area contributed by atoms with Crippen molar-refractivity contribution < 1.29 is 19.4 Å². The van der Waals surface area contributed by atoms with Gasteiger partial charge in [-0.25, -0.2) is 4.39 Å². The average Bonchev–Trinajstić information content (AvgIpc) is 2.07. The van der Waals surface area contributed by atoms with E-state index in [1.807, 2.05) is 0 Å². The van der Waals surface area contributed by atoms with Gasteiger partial charge in [-0.2, -0.15) is 0 Å². The van der Waals surface area contributed by atoms with Gasteiger partial charge in [-0.1, -0.05) is 6.07 Å². The van der Waals surface area contributed by atoms with Crippen molar-refractivity contribution in [3.63, 3.8) is 0 Å². The lowest BCUT2D eigenvalue weighted by Crippen LogP contribution is -2.01. The molecule has 2 N–H and O–H groups in total. The zero-order valence-electron chi connectivity index (χ0n) is 7.70. The predicted molar refractivity (Wildman–Crippen MR) is 49.0 cm³/mol. The SMILES string of the molecule is CC(F)c1ccc(O)c(CC(=O)O)c1. The van der Waals surface area contributed by atoms with Crippen LogP contribution in [0.4, 0.5) is 4.39 Å². The Bertz CT molecular complexity index is 347. The van der Waals surface area contributed by atoms with E-state index in [4.69, 9.17) is 5.11 Å². The molecule has 14 heavy (non-hydrogen) atoms. The van der Waals surface area contributed by atoms with E-state index >= 15 is 0 Å². The number of rotatable bonds is 3. The van der Waals surface area contributed by atoms with Gasteiger partial charge in [0.1, 0.15) is 11.9 Å². The predicted octanol–water partition coefficient (Wildman–Crippen LogP) is 2.05. The summed E-state index contributed by atoms with van der Waals surface area (Å²) in [4.78, 5) is 10.4. The van der Waals surface area contributed by atoms with E-state index in [2.05, 4.69) is 0 Å². The zero-order chi connectivity index (χ0) is 10.7. The monoisotopic (exact) mass is 198 g/mol. The molecule has 0 saturated heterocycles. The number of aliphatic carboxylic acids is 1. The van der Waals surface area contributed by atoms with Gasteiger partial charge in [0, 0.05) is 5.56 Å². The van der Waals surface area contributed by atoms with Crippen molar-refractivity contribution >= 4 is 5.97 Å². The molecule has 0 bridgehead atoms. The molecule has 0 aliphatic rings. The molecule has 3 nitrogen and oxygen atoms in total. The standard InChI is InChI=1S/C10H11FO3/c1-6(11)7-2-3-9(12)8(4-7)5-10(13)14/h2-4,6,12H,5H2,1H3,(H,13,14). The fourth-order valence-electron chi connectivity index (χ4n) is 1.16. The van der Waals surface area contributed by atoms with Crippen molar-refractivity contribution in [3.05, 3.63) is 29.3 Å². The number of hydrogen-bond acceptors (Lipinski definition) is 2. The van der Waals surface area contributed by atoms with E-state index in [9.17, 15) is 14.3 Å². The Kier molecular flexibility index (Phi) is 3.06. The van der Waals surface area contributed by atoms with Gasteiger partial charge in [0.05, 0.1) is 6.42 Å². The molecule has 4 heteroatoms. The van der Waals surface area contributed by atoms with Crippen LogP contribution in [0.15, 0.2) is 18.2 Å². The van der Waals surface area contributed by atoms with Crippen molar-refractivity contribution in [2.45, 2.75) is 19.5 Å². The first-order valence-electron chi connectivity index (χ1n) is 4.18. The topological polar surface area (TPSA) is 57.5 Å². The van der Waals surface area contributed by atoms with Crippen molar-refractivity contribution in [1.29, 1.82) is 0 Å². The molecular weight excluding hydrogens is 187 g/mol. The molecule has 1 aromatic rings. The normalized spacial score (nSPS) is 12.4. The van der Waals surface area contributed by atoms with Crippen LogP contribution in [0, 0.1) is 0 Å². The Morgan fingerprint density at radius 3 is 2.71 bits per heavy atom. The van der Waals surface area contributed by atoms with Crippen molar-refractivity contribution in [3.8, 4) is 5.75 Å². The van der Waals surface area contributed by atoms with Crippen LogP contribution in [0.25, 0.3) is 0 Å². The van der Waals surface area contributed by atoms with Gasteiger partial charge in [0.15, 0.2) is 0 Å². The third-order valence-corrected chi connectivity index (χ3v) is 1.90. The minimum Gasteiger partial charge on any atom is -0.508 e. The molecule has 1 rings (SSSR count). The molecule has 0 radical (unpaired) electrons. The maximum Gasteiger partial charge on any atom is 0.307 e. The first-order chi connectivity index (χ1) is 6.50. The van der Waals surface area contributed by atoms with Crippen LogP contribution in [0.3, 0.4) is 0 Å². The summed E-state index contributed by atoms with van der Waals surface area (Å²) in [5.74, 6) is -1.17. The molecule has 0 aromatic heterocycles. The van der Waals surface area contributed by atoms with Crippen LogP contribution in [0.2, 0.25) is 0 Å². The summed E-state index contributed by atoms with van der Waals surface area (Å²) in [6, 6.07) is 4.11. The van der Waals surface area contributed by atoms with E-state index in [1.165, 1.54) is 25.1 Å². The lowest BCUT2D eigenvalue weighted by molar-refractivity contribution is -0.136. The van der Waals surface area contributed by atoms with Gasteiger partial charge in [-0.05, 0) is 24.6 Å². The lowest BCUT2D eigenvalue weighted by Gasteiger charge is -2.06. The fraction of sp³-hybridized carbons (Fsp3) is 0.300. The Balaban J connectivity index is 3.02. The zero-order valence-corrected chi connectivity index (χ0v) is 7.70. The van der Waals surface area contributed by atoms with Crippen molar-refractivity contribution in [2.75, 3.05) is 0 Å².